The van der Waals surface area contributed by atoms with Gasteiger partial charge in [-0.25, -0.2) is 0 Å². The number of piperidine rings is 1. The molecule has 9 heteroatoms. The van der Waals surface area contributed by atoms with Crippen molar-refractivity contribution >= 4 is 17.7 Å². The molecule has 2 fully saturated rings. The molecule has 3 amide bonds. The standard InChI is InChI=1S/C22H26N6O3/c1-26-9-15(7-24-26)17-11-27(12-18(17)23)8-13-2-3-14-10-28(22(31)16(14)6-13)19-4-5-20(29)25-21(19)30/h2-3,6-7,9,17-19H,4-5,8,10-12,23H2,1H3,(H,25,29,30)/t17-,18+,19?/m0/s1. The van der Waals surface area contributed by atoms with Gasteiger partial charge in [0, 0.05) is 63.4 Å². The smallest absolute Gasteiger partial charge is 0.255 e. The van der Waals surface area contributed by atoms with Crippen LogP contribution in [-0.2, 0) is 29.7 Å². The van der Waals surface area contributed by atoms with Crippen LogP contribution in [0.15, 0.2) is 30.6 Å². The molecule has 1 unspecified atom stereocenters. The Morgan fingerprint density at radius 3 is 2.81 bits per heavy atom. The lowest BCUT2D eigenvalue weighted by atomic mass is 9.98. The summed E-state index contributed by atoms with van der Waals surface area (Å²) in [4.78, 5) is 40.6. The van der Waals surface area contributed by atoms with Crippen molar-refractivity contribution < 1.29 is 14.4 Å². The number of nitrogens with one attached hydrogen (secondary N) is 1. The van der Waals surface area contributed by atoms with Gasteiger partial charge in [-0.1, -0.05) is 12.1 Å². The summed E-state index contributed by atoms with van der Waals surface area (Å²) in [5.74, 6) is -0.559. The Bertz CT molecular complexity index is 1060. The molecule has 162 valence electrons. The second kappa shape index (κ2) is 7.58. The van der Waals surface area contributed by atoms with Crippen molar-refractivity contribution in [3.05, 3.63) is 52.8 Å². The van der Waals surface area contributed by atoms with Gasteiger partial charge in [0.15, 0.2) is 0 Å². The number of hydrogen-bond donors (Lipinski definition) is 2. The molecule has 3 atom stereocenters. The minimum Gasteiger partial charge on any atom is -0.326 e. The first-order valence-corrected chi connectivity index (χ1v) is 10.6. The number of rotatable bonds is 4. The molecule has 0 spiro atoms. The molecule has 31 heavy (non-hydrogen) atoms. The highest BCUT2D eigenvalue weighted by atomic mass is 16.2. The van der Waals surface area contributed by atoms with E-state index in [-0.39, 0.29) is 36.1 Å². The van der Waals surface area contributed by atoms with Crippen molar-refractivity contribution in [2.75, 3.05) is 13.1 Å². The van der Waals surface area contributed by atoms with E-state index >= 15 is 0 Å². The minimum atomic E-state index is -0.585. The van der Waals surface area contributed by atoms with E-state index in [2.05, 4.69) is 15.3 Å². The van der Waals surface area contributed by atoms with E-state index in [4.69, 9.17) is 5.73 Å². The van der Waals surface area contributed by atoms with E-state index in [1.54, 1.807) is 9.58 Å². The van der Waals surface area contributed by atoms with Crippen LogP contribution in [0.25, 0.3) is 0 Å². The lowest BCUT2D eigenvalue weighted by Crippen LogP contribution is -2.52. The molecule has 2 saturated heterocycles. The van der Waals surface area contributed by atoms with Crippen molar-refractivity contribution in [2.24, 2.45) is 12.8 Å². The second-order valence-electron chi connectivity index (χ2n) is 8.80. The topological polar surface area (TPSA) is 114 Å². The first kappa shape index (κ1) is 19.9. The van der Waals surface area contributed by atoms with Gasteiger partial charge < -0.3 is 10.6 Å². The normalized spacial score (nSPS) is 26.5. The third-order valence-electron chi connectivity index (χ3n) is 6.59. The van der Waals surface area contributed by atoms with Crippen LogP contribution in [0, 0.1) is 0 Å². The average molecular weight is 422 g/mol. The van der Waals surface area contributed by atoms with Gasteiger partial charge >= 0.3 is 0 Å². The molecule has 0 radical (unpaired) electrons. The number of aromatic nitrogens is 2. The number of aryl methyl sites for hydroxylation is 1. The van der Waals surface area contributed by atoms with Crippen molar-refractivity contribution in [1.29, 1.82) is 0 Å². The van der Waals surface area contributed by atoms with Gasteiger partial charge in [0.1, 0.15) is 6.04 Å². The fourth-order valence-corrected chi connectivity index (χ4v) is 4.99. The number of nitrogens with two attached hydrogens (primary N) is 1. The summed E-state index contributed by atoms with van der Waals surface area (Å²) >= 11 is 0. The predicted octanol–water partition coefficient (Wildman–Crippen LogP) is 0.108. The summed E-state index contributed by atoms with van der Waals surface area (Å²) in [5, 5.41) is 6.60. The van der Waals surface area contributed by atoms with Crippen molar-refractivity contribution in [3.63, 3.8) is 0 Å². The van der Waals surface area contributed by atoms with Crippen LogP contribution < -0.4 is 11.1 Å². The van der Waals surface area contributed by atoms with Gasteiger partial charge in [-0.3, -0.25) is 29.3 Å². The maximum absolute atomic E-state index is 13.0. The summed E-state index contributed by atoms with van der Waals surface area (Å²) in [5.41, 5.74) is 10.2. The number of amides is 3. The van der Waals surface area contributed by atoms with Gasteiger partial charge in [0.2, 0.25) is 11.8 Å². The highest BCUT2D eigenvalue weighted by Gasteiger charge is 2.39. The first-order valence-electron chi connectivity index (χ1n) is 10.6. The quantitative estimate of drug-likeness (QED) is 0.676. The van der Waals surface area contributed by atoms with Crippen LogP contribution in [0.2, 0.25) is 0 Å². The fraction of sp³-hybridized carbons (Fsp3) is 0.455. The van der Waals surface area contributed by atoms with E-state index in [9.17, 15) is 14.4 Å². The average Bonchev–Trinajstić information content (AvgIpc) is 3.40. The Labute approximate surface area is 180 Å². The van der Waals surface area contributed by atoms with E-state index < -0.39 is 6.04 Å². The number of nitrogens with zero attached hydrogens (tertiary/aromatic N) is 4. The zero-order valence-corrected chi connectivity index (χ0v) is 17.5. The first-order chi connectivity index (χ1) is 14.9. The van der Waals surface area contributed by atoms with E-state index in [1.807, 2.05) is 37.6 Å². The molecule has 0 bridgehead atoms. The van der Waals surface area contributed by atoms with E-state index in [0.29, 0.717) is 25.1 Å². The molecule has 4 heterocycles. The maximum atomic E-state index is 13.0. The van der Waals surface area contributed by atoms with Crippen molar-refractivity contribution in [2.45, 2.75) is 43.9 Å². The highest BCUT2D eigenvalue weighted by molar-refractivity contribution is 6.05. The van der Waals surface area contributed by atoms with Crippen LogP contribution in [0.5, 0.6) is 0 Å². The molecular formula is C22H26N6O3. The second-order valence-corrected chi connectivity index (χ2v) is 8.80. The van der Waals surface area contributed by atoms with E-state index in [0.717, 1.165) is 29.8 Å². The summed E-state index contributed by atoms with van der Waals surface area (Å²) in [7, 11) is 1.90. The zero-order chi connectivity index (χ0) is 21.7. The molecule has 0 saturated carbocycles. The molecule has 5 rings (SSSR count). The Morgan fingerprint density at radius 1 is 1.23 bits per heavy atom. The third-order valence-corrected chi connectivity index (χ3v) is 6.59. The summed E-state index contributed by atoms with van der Waals surface area (Å²) in [6.07, 6.45) is 4.53. The third kappa shape index (κ3) is 3.64. The van der Waals surface area contributed by atoms with Crippen molar-refractivity contribution in [3.8, 4) is 0 Å². The van der Waals surface area contributed by atoms with Crippen LogP contribution in [0.4, 0.5) is 0 Å². The molecule has 2 aromatic rings. The number of carbonyl (C=O) groups excluding carboxylic acids is 3. The monoisotopic (exact) mass is 422 g/mol. The SMILES string of the molecule is Cn1cc([C@@H]2CN(Cc3ccc4c(c3)C(=O)N(C3CCC(=O)NC3=O)C4)C[C@H]2N)cn1. The molecule has 1 aromatic heterocycles. The Morgan fingerprint density at radius 2 is 2.06 bits per heavy atom. The van der Waals surface area contributed by atoms with Crippen LogP contribution in [0.3, 0.4) is 0 Å². The molecular weight excluding hydrogens is 396 g/mol. The molecule has 3 aliphatic rings. The number of fused-ring (bicyclic) bond motifs is 1. The largest absolute Gasteiger partial charge is 0.326 e. The summed E-state index contributed by atoms with van der Waals surface area (Å²) in [6, 6.07) is 5.42. The Kier molecular flexibility index (Phi) is 4.86. The summed E-state index contributed by atoms with van der Waals surface area (Å²) < 4.78 is 1.80. The predicted molar refractivity (Wildman–Crippen MR) is 112 cm³/mol. The highest BCUT2D eigenvalue weighted by Crippen LogP contribution is 2.30. The van der Waals surface area contributed by atoms with Crippen molar-refractivity contribution in [1.82, 2.24) is 24.9 Å². The lowest BCUT2D eigenvalue weighted by molar-refractivity contribution is -0.136. The van der Waals surface area contributed by atoms with Gasteiger partial charge in [-0.05, 0) is 29.2 Å². The zero-order valence-electron chi connectivity index (χ0n) is 17.5. The number of benzene rings is 1. The van der Waals surface area contributed by atoms with Gasteiger partial charge in [0.05, 0.1) is 6.20 Å². The van der Waals surface area contributed by atoms with Gasteiger partial charge in [-0.15, -0.1) is 0 Å². The van der Waals surface area contributed by atoms with Crippen LogP contribution in [0.1, 0.15) is 45.8 Å². The Balaban J connectivity index is 1.28. The minimum absolute atomic E-state index is 0.0447. The molecule has 9 nitrogen and oxygen atoms in total. The Hall–Kier alpha value is -3.04. The number of hydrogen-bond acceptors (Lipinski definition) is 6. The fourth-order valence-electron chi connectivity index (χ4n) is 4.99. The number of imide groups is 1. The molecule has 3 N–H and O–H groups in total. The maximum Gasteiger partial charge on any atom is 0.255 e. The van der Waals surface area contributed by atoms with Gasteiger partial charge in [-0.2, -0.15) is 5.10 Å². The van der Waals surface area contributed by atoms with Crippen LogP contribution in [-0.4, -0.2) is 62.5 Å². The molecule has 1 aromatic carbocycles. The number of carbonyl (C=O) groups is 3. The van der Waals surface area contributed by atoms with Crippen LogP contribution >= 0.6 is 0 Å². The summed E-state index contributed by atoms with van der Waals surface area (Å²) in [6.45, 7) is 2.75. The molecule has 0 aliphatic carbocycles. The van der Waals surface area contributed by atoms with Gasteiger partial charge in [0.25, 0.3) is 5.91 Å². The number of likely N-dealkylation sites (tertiary alicyclic amines) is 1. The lowest BCUT2D eigenvalue weighted by Gasteiger charge is -2.29. The molecule has 3 aliphatic heterocycles. The van der Waals surface area contributed by atoms with E-state index in [1.165, 1.54) is 0 Å².